The molecule has 3 aromatic rings. The van der Waals surface area contributed by atoms with E-state index in [2.05, 4.69) is 20.3 Å². The molecule has 0 unspecified atom stereocenters. The molecule has 1 aliphatic rings. The Morgan fingerprint density at radius 1 is 1.28 bits per heavy atom. The van der Waals surface area contributed by atoms with E-state index in [0.717, 1.165) is 41.0 Å². The van der Waals surface area contributed by atoms with Crippen molar-refractivity contribution >= 4 is 22.8 Å². The number of hydrogen-bond donors (Lipinski definition) is 2. The molecule has 1 amide bonds. The van der Waals surface area contributed by atoms with Crippen LogP contribution in [0.4, 0.5) is 5.82 Å². The van der Waals surface area contributed by atoms with E-state index < -0.39 is 5.60 Å². The fourth-order valence-electron chi connectivity index (χ4n) is 3.47. The normalized spacial score (nSPS) is 14.8. The van der Waals surface area contributed by atoms with Crippen LogP contribution in [-0.4, -0.2) is 56.8 Å². The lowest BCUT2D eigenvalue weighted by Gasteiger charge is -2.16. The van der Waals surface area contributed by atoms with Crippen LogP contribution in [-0.2, 0) is 6.54 Å². The van der Waals surface area contributed by atoms with Crippen LogP contribution in [0.2, 0.25) is 0 Å². The SMILES string of the molecule is Cc1cnc2c(C(=O)NCC3(O)CC3)cn(Cc3ncnc(N(C)C)c3C)c2c1. The van der Waals surface area contributed by atoms with Gasteiger partial charge in [0.2, 0.25) is 0 Å². The van der Waals surface area contributed by atoms with Crippen molar-refractivity contribution in [3.63, 3.8) is 0 Å². The molecule has 8 nitrogen and oxygen atoms in total. The molecule has 1 fully saturated rings. The van der Waals surface area contributed by atoms with Gasteiger partial charge in [0, 0.05) is 38.6 Å². The molecule has 8 heteroatoms. The van der Waals surface area contributed by atoms with Gasteiger partial charge in [0.25, 0.3) is 5.91 Å². The Kier molecular flexibility index (Phi) is 4.74. The number of fused-ring (bicyclic) bond motifs is 1. The topological polar surface area (TPSA) is 96.2 Å². The molecule has 0 bridgehead atoms. The Morgan fingerprint density at radius 3 is 2.72 bits per heavy atom. The minimum atomic E-state index is -0.737. The molecule has 3 heterocycles. The summed E-state index contributed by atoms with van der Waals surface area (Å²) >= 11 is 0. The third-order valence-corrected chi connectivity index (χ3v) is 5.41. The summed E-state index contributed by atoms with van der Waals surface area (Å²) in [6, 6.07) is 2.02. The largest absolute Gasteiger partial charge is 0.388 e. The number of aromatic nitrogens is 4. The first-order chi connectivity index (χ1) is 13.8. The number of nitrogens with zero attached hydrogens (tertiary/aromatic N) is 5. The number of aryl methyl sites for hydroxylation is 1. The van der Waals surface area contributed by atoms with Gasteiger partial charge < -0.3 is 19.9 Å². The number of carbonyl (C=O) groups is 1. The van der Waals surface area contributed by atoms with Gasteiger partial charge in [0.1, 0.15) is 17.7 Å². The van der Waals surface area contributed by atoms with Crippen molar-refractivity contribution in [3.05, 3.63) is 47.2 Å². The van der Waals surface area contributed by atoms with Gasteiger partial charge in [0.15, 0.2) is 0 Å². The summed E-state index contributed by atoms with van der Waals surface area (Å²) in [6.07, 6.45) is 6.61. The Bertz CT molecular complexity index is 1080. The number of anilines is 1. The van der Waals surface area contributed by atoms with Crippen LogP contribution < -0.4 is 10.2 Å². The summed E-state index contributed by atoms with van der Waals surface area (Å²) in [5, 5.41) is 12.9. The fourth-order valence-corrected chi connectivity index (χ4v) is 3.47. The third kappa shape index (κ3) is 3.80. The van der Waals surface area contributed by atoms with E-state index in [0.29, 0.717) is 17.6 Å². The lowest BCUT2D eigenvalue weighted by molar-refractivity contribution is 0.0897. The Hall–Kier alpha value is -3.00. The van der Waals surface area contributed by atoms with Crippen LogP contribution >= 0.6 is 0 Å². The number of amides is 1. The molecule has 29 heavy (non-hydrogen) atoms. The molecule has 0 aromatic carbocycles. The summed E-state index contributed by atoms with van der Waals surface area (Å²) < 4.78 is 2.00. The number of nitrogens with one attached hydrogen (secondary N) is 1. The first-order valence-corrected chi connectivity index (χ1v) is 9.71. The second kappa shape index (κ2) is 7.11. The van der Waals surface area contributed by atoms with Gasteiger partial charge in [0.05, 0.1) is 28.9 Å². The first-order valence-electron chi connectivity index (χ1n) is 9.71. The van der Waals surface area contributed by atoms with Gasteiger partial charge >= 0.3 is 0 Å². The summed E-state index contributed by atoms with van der Waals surface area (Å²) in [5.74, 6) is 0.648. The lowest BCUT2D eigenvalue weighted by Crippen LogP contribution is -2.33. The predicted octanol–water partition coefficient (Wildman–Crippen LogP) is 1.81. The molecule has 0 spiro atoms. The molecule has 1 aliphatic carbocycles. The van der Waals surface area contributed by atoms with Crippen LogP contribution in [0.1, 0.15) is 40.0 Å². The fraction of sp³-hybridized carbons (Fsp3) is 0.429. The lowest BCUT2D eigenvalue weighted by atomic mass is 10.2. The van der Waals surface area contributed by atoms with Crippen molar-refractivity contribution in [1.82, 2.24) is 24.8 Å². The highest BCUT2D eigenvalue weighted by Crippen LogP contribution is 2.34. The quantitative estimate of drug-likeness (QED) is 0.662. The summed E-state index contributed by atoms with van der Waals surface area (Å²) in [7, 11) is 3.90. The highest BCUT2D eigenvalue weighted by molar-refractivity contribution is 6.05. The number of aliphatic hydroxyl groups is 1. The van der Waals surface area contributed by atoms with Gasteiger partial charge in [-0.05, 0) is 38.3 Å². The van der Waals surface area contributed by atoms with Crippen molar-refractivity contribution in [2.45, 2.75) is 38.8 Å². The van der Waals surface area contributed by atoms with E-state index in [4.69, 9.17) is 0 Å². The number of pyridine rings is 1. The third-order valence-electron chi connectivity index (χ3n) is 5.41. The van der Waals surface area contributed by atoms with Crippen LogP contribution in [0.3, 0.4) is 0 Å². The zero-order chi connectivity index (χ0) is 20.8. The van der Waals surface area contributed by atoms with Gasteiger partial charge in [-0.15, -0.1) is 0 Å². The second-order valence-corrected chi connectivity index (χ2v) is 8.12. The number of hydrogen-bond acceptors (Lipinski definition) is 6. The molecule has 152 valence electrons. The summed E-state index contributed by atoms with van der Waals surface area (Å²) in [5.41, 5.74) is 4.20. The molecule has 3 aromatic heterocycles. The Morgan fingerprint density at radius 2 is 2.03 bits per heavy atom. The zero-order valence-electron chi connectivity index (χ0n) is 17.2. The van der Waals surface area contributed by atoms with Crippen molar-refractivity contribution in [3.8, 4) is 0 Å². The van der Waals surface area contributed by atoms with Crippen molar-refractivity contribution in [1.29, 1.82) is 0 Å². The standard InChI is InChI=1S/C21H26N6O2/c1-13-7-17-18(22-8-13)15(20(28)23-11-21(29)5-6-21)9-27(17)10-16-14(2)19(26(3)4)25-12-24-16/h7-9,12,29H,5-6,10-11H2,1-4H3,(H,23,28). The van der Waals surface area contributed by atoms with E-state index in [-0.39, 0.29) is 12.5 Å². The van der Waals surface area contributed by atoms with Crippen LogP contribution in [0.25, 0.3) is 11.0 Å². The molecule has 0 aliphatic heterocycles. The molecule has 0 saturated heterocycles. The van der Waals surface area contributed by atoms with E-state index in [1.807, 2.05) is 49.7 Å². The van der Waals surface area contributed by atoms with Gasteiger partial charge in [-0.3, -0.25) is 9.78 Å². The maximum atomic E-state index is 12.8. The van der Waals surface area contributed by atoms with E-state index in [9.17, 15) is 9.90 Å². The van der Waals surface area contributed by atoms with Crippen molar-refractivity contribution < 1.29 is 9.90 Å². The monoisotopic (exact) mass is 394 g/mol. The van der Waals surface area contributed by atoms with Crippen molar-refractivity contribution in [2.24, 2.45) is 0 Å². The maximum Gasteiger partial charge on any atom is 0.255 e. The minimum Gasteiger partial charge on any atom is -0.388 e. The predicted molar refractivity (Wildman–Crippen MR) is 111 cm³/mol. The van der Waals surface area contributed by atoms with Crippen LogP contribution in [0.15, 0.2) is 24.8 Å². The zero-order valence-corrected chi connectivity index (χ0v) is 17.2. The Balaban J connectivity index is 1.70. The molecular formula is C21H26N6O2. The smallest absolute Gasteiger partial charge is 0.255 e. The van der Waals surface area contributed by atoms with Crippen molar-refractivity contribution in [2.75, 3.05) is 25.5 Å². The maximum absolute atomic E-state index is 12.8. The van der Waals surface area contributed by atoms with Gasteiger partial charge in [-0.25, -0.2) is 9.97 Å². The summed E-state index contributed by atoms with van der Waals surface area (Å²) in [4.78, 5) is 28.1. The molecular weight excluding hydrogens is 368 g/mol. The molecule has 1 saturated carbocycles. The van der Waals surface area contributed by atoms with E-state index in [1.165, 1.54) is 0 Å². The number of carbonyl (C=O) groups excluding carboxylic acids is 1. The molecule has 0 atom stereocenters. The second-order valence-electron chi connectivity index (χ2n) is 8.12. The highest BCUT2D eigenvalue weighted by atomic mass is 16.3. The summed E-state index contributed by atoms with van der Waals surface area (Å²) in [6.45, 7) is 4.76. The van der Waals surface area contributed by atoms with E-state index >= 15 is 0 Å². The number of rotatable bonds is 6. The Labute approximate surface area is 169 Å². The van der Waals surface area contributed by atoms with Crippen LogP contribution in [0, 0.1) is 13.8 Å². The van der Waals surface area contributed by atoms with Gasteiger partial charge in [-0.2, -0.15) is 0 Å². The molecule has 4 rings (SSSR count). The van der Waals surface area contributed by atoms with Gasteiger partial charge in [-0.1, -0.05) is 0 Å². The first kappa shape index (κ1) is 19.3. The molecule has 2 N–H and O–H groups in total. The average molecular weight is 394 g/mol. The highest BCUT2D eigenvalue weighted by Gasteiger charge is 2.40. The average Bonchev–Trinajstić information content (AvgIpc) is 3.32. The molecule has 0 radical (unpaired) electrons. The van der Waals surface area contributed by atoms with Crippen LogP contribution in [0.5, 0.6) is 0 Å². The minimum absolute atomic E-state index is 0.223. The van der Waals surface area contributed by atoms with E-state index in [1.54, 1.807) is 12.5 Å².